The van der Waals surface area contributed by atoms with Gasteiger partial charge in [0.1, 0.15) is 6.04 Å². The first-order valence-electron chi connectivity index (χ1n) is 19.7. The average molecular weight is 792 g/mol. The molecule has 310 valence electrons. The lowest BCUT2D eigenvalue weighted by atomic mass is 9.86. The first-order chi connectivity index (χ1) is 27.7. The quantitative estimate of drug-likeness (QED) is 0.0479. The molecule has 0 spiro atoms. The molecule has 2 atom stereocenters. The van der Waals surface area contributed by atoms with Gasteiger partial charge in [0.15, 0.2) is 34.5 Å². The zero-order valence-electron chi connectivity index (χ0n) is 34.3. The SMILES string of the molecule is CCCOCCN(CCCOC(=O)/C=C\C(=O)OCCC[N@+]1(C)CCc2cc(OC)c(OC)cc2[C@H]1Cc1ccc(OC)c(OC)c1)Cc1ccc2c(c1)OCO2. The normalized spacial score (nSPS) is 17.0. The largest absolute Gasteiger partial charge is 0.493 e. The molecule has 0 N–H and O–H groups in total. The highest BCUT2D eigenvalue weighted by Crippen LogP contribution is 2.43. The van der Waals surface area contributed by atoms with E-state index >= 15 is 0 Å². The van der Waals surface area contributed by atoms with Gasteiger partial charge in [-0.25, -0.2) is 9.59 Å². The summed E-state index contributed by atoms with van der Waals surface area (Å²) in [5.74, 6) is 3.09. The highest BCUT2D eigenvalue weighted by Gasteiger charge is 2.40. The summed E-state index contributed by atoms with van der Waals surface area (Å²) in [5, 5.41) is 0. The molecule has 13 nitrogen and oxygen atoms in total. The molecule has 0 aliphatic carbocycles. The Morgan fingerprint density at radius 1 is 0.754 bits per heavy atom. The summed E-state index contributed by atoms with van der Waals surface area (Å²) in [6.45, 7) is 7.86. The molecular weight excluding hydrogens is 732 g/mol. The number of rotatable bonds is 23. The lowest BCUT2D eigenvalue weighted by molar-refractivity contribution is -0.941. The van der Waals surface area contributed by atoms with E-state index in [9.17, 15) is 9.59 Å². The number of fused-ring (bicyclic) bond motifs is 2. The summed E-state index contributed by atoms with van der Waals surface area (Å²) in [6, 6.07) is 16.2. The van der Waals surface area contributed by atoms with E-state index in [1.165, 1.54) is 11.1 Å². The Hall–Kier alpha value is -4.98. The summed E-state index contributed by atoms with van der Waals surface area (Å²) in [7, 11) is 8.82. The summed E-state index contributed by atoms with van der Waals surface area (Å²) >= 11 is 0. The fraction of sp³-hybridized carbons (Fsp3) is 0.500. The van der Waals surface area contributed by atoms with Gasteiger partial charge in [-0.1, -0.05) is 19.1 Å². The predicted molar refractivity (Wildman–Crippen MR) is 214 cm³/mol. The third-order valence-electron chi connectivity index (χ3n) is 10.5. The lowest BCUT2D eigenvalue weighted by Crippen LogP contribution is -2.52. The van der Waals surface area contributed by atoms with Crippen LogP contribution in [0.25, 0.3) is 0 Å². The maximum absolute atomic E-state index is 12.6. The van der Waals surface area contributed by atoms with Gasteiger partial charge in [-0.05, 0) is 65.9 Å². The van der Waals surface area contributed by atoms with E-state index in [1.807, 2.05) is 30.3 Å². The van der Waals surface area contributed by atoms with Crippen molar-refractivity contribution in [3.8, 4) is 34.5 Å². The van der Waals surface area contributed by atoms with Crippen molar-refractivity contribution in [3.63, 3.8) is 0 Å². The summed E-state index contributed by atoms with van der Waals surface area (Å²) in [4.78, 5) is 27.3. The molecule has 0 radical (unpaired) electrons. The van der Waals surface area contributed by atoms with Crippen LogP contribution in [0.5, 0.6) is 34.5 Å². The average Bonchev–Trinajstić information content (AvgIpc) is 3.70. The number of carbonyl (C=O) groups is 2. The topological polar surface area (TPSA) is 120 Å². The van der Waals surface area contributed by atoms with Gasteiger partial charge >= 0.3 is 11.9 Å². The van der Waals surface area contributed by atoms with E-state index in [1.54, 1.807) is 28.4 Å². The number of hydrogen-bond acceptors (Lipinski definition) is 12. The Labute approximate surface area is 336 Å². The van der Waals surface area contributed by atoms with E-state index in [2.05, 4.69) is 37.1 Å². The predicted octanol–water partition coefficient (Wildman–Crippen LogP) is 6.09. The lowest BCUT2D eigenvalue weighted by Gasteiger charge is -2.46. The first-order valence-corrected chi connectivity index (χ1v) is 19.7. The number of carbonyl (C=O) groups excluding carboxylic acids is 2. The molecule has 0 unspecified atom stereocenters. The van der Waals surface area contributed by atoms with Crippen molar-refractivity contribution < 1.29 is 56.7 Å². The van der Waals surface area contributed by atoms with E-state index in [4.69, 9.17) is 42.6 Å². The molecule has 0 saturated heterocycles. The van der Waals surface area contributed by atoms with Crippen LogP contribution in [0.1, 0.15) is 54.5 Å². The number of esters is 2. The van der Waals surface area contributed by atoms with Crippen LogP contribution in [0.3, 0.4) is 0 Å². The third-order valence-corrected chi connectivity index (χ3v) is 10.5. The summed E-state index contributed by atoms with van der Waals surface area (Å²) in [5.41, 5.74) is 4.64. The molecule has 13 heteroatoms. The number of quaternary nitrogens is 1. The fourth-order valence-electron chi connectivity index (χ4n) is 7.46. The number of ether oxygens (including phenoxy) is 9. The molecule has 3 aromatic rings. The molecule has 2 heterocycles. The maximum atomic E-state index is 12.6. The number of benzene rings is 3. The zero-order chi connectivity index (χ0) is 40.6. The molecule has 0 bridgehead atoms. The maximum Gasteiger partial charge on any atom is 0.331 e. The molecular formula is C44H59N2O11+. The van der Waals surface area contributed by atoms with Crippen molar-refractivity contribution >= 4 is 11.9 Å². The van der Waals surface area contributed by atoms with Gasteiger partial charge in [-0.15, -0.1) is 0 Å². The minimum absolute atomic E-state index is 0.0853. The Balaban J connectivity index is 1.10. The van der Waals surface area contributed by atoms with E-state index in [0.717, 1.165) is 78.2 Å². The van der Waals surface area contributed by atoms with Gasteiger partial charge in [0, 0.05) is 63.2 Å². The van der Waals surface area contributed by atoms with Crippen LogP contribution in [0, 0.1) is 0 Å². The Morgan fingerprint density at radius 2 is 1.42 bits per heavy atom. The minimum Gasteiger partial charge on any atom is -0.493 e. The zero-order valence-corrected chi connectivity index (χ0v) is 34.3. The monoisotopic (exact) mass is 791 g/mol. The molecule has 2 aliphatic rings. The van der Waals surface area contributed by atoms with Crippen LogP contribution < -0.4 is 28.4 Å². The van der Waals surface area contributed by atoms with Crippen molar-refractivity contribution in [2.45, 2.75) is 51.6 Å². The molecule has 0 aromatic heterocycles. The van der Waals surface area contributed by atoms with Gasteiger partial charge in [0.25, 0.3) is 0 Å². The second-order valence-electron chi connectivity index (χ2n) is 14.4. The Kier molecular flexibility index (Phi) is 16.3. The standard InChI is InChI=1S/C44H59N2O11/c1-7-21-53-24-18-45(30-33-11-13-38-42(27-33)57-31-56-38)17-8-22-54-43(47)14-15-44(48)55-23-9-19-46(2)20-16-34-28-40(51-5)41(52-6)29-35(34)36(46)25-32-10-12-37(49-3)39(26-32)50-4/h10-15,26-29,36H,7-9,16-25,30-31H2,1-6H3/q+1/b15-14-/t36-,46-/m1/s1. The van der Waals surface area contributed by atoms with Crippen LogP contribution in [-0.2, 0) is 43.2 Å². The number of nitrogens with zero attached hydrogens (tertiary/aromatic N) is 2. The second-order valence-corrected chi connectivity index (χ2v) is 14.4. The molecule has 2 aliphatic heterocycles. The van der Waals surface area contributed by atoms with Crippen LogP contribution in [0.2, 0.25) is 0 Å². The van der Waals surface area contributed by atoms with Crippen LogP contribution in [0.15, 0.2) is 60.7 Å². The highest BCUT2D eigenvalue weighted by molar-refractivity contribution is 5.91. The van der Waals surface area contributed by atoms with Crippen LogP contribution >= 0.6 is 0 Å². The Bertz CT molecular complexity index is 1810. The van der Waals surface area contributed by atoms with Crippen molar-refractivity contribution in [1.82, 2.24) is 4.90 Å². The minimum atomic E-state index is -0.587. The number of hydrogen-bond donors (Lipinski definition) is 0. The molecule has 0 saturated carbocycles. The third kappa shape index (κ3) is 12.0. The van der Waals surface area contributed by atoms with Crippen LogP contribution in [-0.4, -0.2) is 116 Å². The summed E-state index contributed by atoms with van der Waals surface area (Å²) in [6.07, 6.45) is 6.09. The van der Waals surface area contributed by atoms with E-state index in [0.29, 0.717) is 62.1 Å². The molecule has 0 amide bonds. The fourth-order valence-corrected chi connectivity index (χ4v) is 7.46. The van der Waals surface area contributed by atoms with Crippen molar-refractivity contribution in [3.05, 3.63) is 82.9 Å². The van der Waals surface area contributed by atoms with Gasteiger partial charge in [-0.3, -0.25) is 4.90 Å². The van der Waals surface area contributed by atoms with Crippen molar-refractivity contribution in [2.24, 2.45) is 0 Å². The Morgan fingerprint density at radius 3 is 2.14 bits per heavy atom. The van der Waals surface area contributed by atoms with E-state index < -0.39 is 11.9 Å². The molecule has 5 rings (SSSR count). The molecule has 57 heavy (non-hydrogen) atoms. The summed E-state index contributed by atoms with van der Waals surface area (Å²) < 4.78 is 50.8. The smallest absolute Gasteiger partial charge is 0.331 e. The van der Waals surface area contributed by atoms with Crippen LogP contribution in [0.4, 0.5) is 0 Å². The van der Waals surface area contributed by atoms with Gasteiger partial charge < -0.3 is 47.1 Å². The van der Waals surface area contributed by atoms with E-state index in [-0.39, 0.29) is 26.0 Å². The van der Waals surface area contributed by atoms with Gasteiger partial charge in [-0.2, -0.15) is 0 Å². The van der Waals surface area contributed by atoms with Crippen molar-refractivity contribution in [1.29, 1.82) is 0 Å². The molecule has 3 aromatic carbocycles. The molecule has 0 fully saturated rings. The second kappa shape index (κ2) is 21.5. The first kappa shape index (κ1) is 43.1. The number of likely N-dealkylation sites (N-methyl/N-ethyl adjacent to an activating group) is 1. The highest BCUT2D eigenvalue weighted by atomic mass is 16.7. The van der Waals surface area contributed by atoms with Gasteiger partial charge in [0.2, 0.25) is 6.79 Å². The van der Waals surface area contributed by atoms with Gasteiger partial charge in [0.05, 0.1) is 68.4 Å². The number of methoxy groups -OCH3 is 4. The van der Waals surface area contributed by atoms with Crippen molar-refractivity contribution in [2.75, 3.05) is 94.9 Å².